The number of aromatic nitrogens is 5. The molecule has 8 nitrogen and oxygen atoms in total. The first kappa shape index (κ1) is 22.2. The molecular weight excluding hydrogens is 441 g/mol. The molecule has 3 heterocycles. The van der Waals surface area contributed by atoms with Crippen molar-refractivity contribution in [2.45, 2.75) is 18.1 Å². The van der Waals surface area contributed by atoms with Crippen LogP contribution in [0, 0.1) is 0 Å². The van der Waals surface area contributed by atoms with Gasteiger partial charge in [-0.2, -0.15) is 13.2 Å². The van der Waals surface area contributed by atoms with Gasteiger partial charge in [-0.3, -0.25) is 0 Å². The van der Waals surface area contributed by atoms with Crippen molar-refractivity contribution in [3.8, 4) is 11.5 Å². The summed E-state index contributed by atoms with van der Waals surface area (Å²) < 4.78 is 67.5. The minimum absolute atomic E-state index is 0.0193. The maximum absolute atomic E-state index is 13.0. The number of halogens is 3. The fourth-order valence-electron chi connectivity index (χ4n) is 2.97. The van der Waals surface area contributed by atoms with Gasteiger partial charge in [-0.15, -0.1) is 0 Å². The van der Waals surface area contributed by atoms with Crippen molar-refractivity contribution in [1.29, 1.82) is 0 Å². The lowest BCUT2D eigenvalue weighted by Crippen LogP contribution is -2.24. The van der Waals surface area contributed by atoms with Crippen molar-refractivity contribution in [3.63, 3.8) is 0 Å². The number of nitrogens with zero attached hydrogens (tertiary/aromatic N) is 6. The highest BCUT2D eigenvalue weighted by Crippen LogP contribution is 2.33. The minimum Gasteiger partial charge on any atom is -0.366 e. The van der Waals surface area contributed by atoms with Crippen molar-refractivity contribution < 1.29 is 21.6 Å². The van der Waals surface area contributed by atoms with Crippen LogP contribution in [0.5, 0.6) is 0 Å². The molecule has 0 saturated heterocycles. The number of aryl methyl sites for hydroxylation is 1. The maximum Gasteiger partial charge on any atom is 0.433 e. The van der Waals surface area contributed by atoms with E-state index >= 15 is 0 Å². The van der Waals surface area contributed by atoms with Gasteiger partial charge in [-0.25, -0.2) is 23.4 Å². The molecule has 3 aromatic heterocycles. The number of thiocarbonyl (C=S) groups is 1. The van der Waals surface area contributed by atoms with E-state index < -0.39 is 21.7 Å². The van der Waals surface area contributed by atoms with Crippen molar-refractivity contribution in [3.05, 3.63) is 23.8 Å². The number of fused-ring (bicyclic) bond motifs is 1. The van der Waals surface area contributed by atoms with Crippen LogP contribution in [0.1, 0.15) is 18.4 Å². The Kier molecular flexibility index (Phi) is 5.39. The van der Waals surface area contributed by atoms with Crippen LogP contribution in [0.4, 0.5) is 13.2 Å². The fourth-order valence-corrected chi connectivity index (χ4v) is 4.36. The number of rotatable bonds is 4. The van der Waals surface area contributed by atoms with Crippen molar-refractivity contribution in [2.24, 2.45) is 14.1 Å². The highest BCUT2D eigenvalue weighted by atomic mass is 32.2. The number of hydrogen-bond acceptors (Lipinski definition) is 6. The Bertz CT molecular complexity index is 1260. The molecule has 0 aliphatic rings. The largest absolute Gasteiger partial charge is 0.433 e. The molecule has 162 valence electrons. The van der Waals surface area contributed by atoms with Gasteiger partial charge in [-0.1, -0.05) is 19.1 Å². The molecule has 13 heteroatoms. The van der Waals surface area contributed by atoms with Gasteiger partial charge in [0, 0.05) is 28.2 Å². The van der Waals surface area contributed by atoms with E-state index in [4.69, 9.17) is 12.2 Å². The third kappa shape index (κ3) is 3.55. The molecule has 30 heavy (non-hydrogen) atoms. The van der Waals surface area contributed by atoms with E-state index in [0.29, 0.717) is 10.5 Å². The smallest absolute Gasteiger partial charge is 0.366 e. The third-order valence-corrected chi connectivity index (χ3v) is 6.95. The average molecular weight is 461 g/mol. The van der Waals surface area contributed by atoms with Crippen LogP contribution in [0.25, 0.3) is 22.6 Å². The van der Waals surface area contributed by atoms with Gasteiger partial charge < -0.3 is 14.0 Å². The van der Waals surface area contributed by atoms with Crippen LogP contribution in [-0.4, -0.2) is 62.2 Å². The quantitative estimate of drug-likeness (QED) is 0.553. The van der Waals surface area contributed by atoms with Gasteiger partial charge >= 0.3 is 6.18 Å². The number of sulfone groups is 1. The Morgan fingerprint density at radius 2 is 1.83 bits per heavy atom. The second kappa shape index (κ2) is 7.30. The molecule has 0 aliphatic carbocycles. The molecule has 0 amide bonds. The summed E-state index contributed by atoms with van der Waals surface area (Å²) in [5.41, 5.74) is -0.736. The molecule has 0 bridgehead atoms. The normalized spacial score (nSPS) is 12.5. The van der Waals surface area contributed by atoms with Crippen LogP contribution in [-0.2, 0) is 30.1 Å². The van der Waals surface area contributed by atoms with Gasteiger partial charge in [0.15, 0.2) is 26.5 Å². The standard InChI is InChI=1S/C17H19F3N6O2S2/c1-6-30(27,28)16-12(23-14(26(16)5)15(29)24(2)3)13-22-9-7-11(17(18,19)20)21-8-10(9)25(13)4/h7-8H,6H2,1-5H3. The zero-order chi connectivity index (χ0) is 22.6. The van der Waals surface area contributed by atoms with Crippen molar-refractivity contribution >= 4 is 38.1 Å². The predicted octanol–water partition coefficient (Wildman–Crippen LogP) is 2.42. The second-order valence-corrected chi connectivity index (χ2v) is 9.38. The lowest BCUT2D eigenvalue weighted by molar-refractivity contribution is -0.141. The number of hydrogen-bond donors (Lipinski definition) is 0. The van der Waals surface area contributed by atoms with Gasteiger partial charge in [0.05, 0.1) is 23.0 Å². The monoisotopic (exact) mass is 460 g/mol. The summed E-state index contributed by atoms with van der Waals surface area (Å²) in [4.78, 5) is 14.0. The van der Waals surface area contributed by atoms with E-state index in [1.165, 1.54) is 23.1 Å². The summed E-state index contributed by atoms with van der Waals surface area (Å²) in [7, 11) is 2.72. The zero-order valence-corrected chi connectivity index (χ0v) is 18.4. The summed E-state index contributed by atoms with van der Waals surface area (Å²) in [6.45, 7) is 1.49. The Hall–Kier alpha value is -2.54. The van der Waals surface area contributed by atoms with Gasteiger partial charge in [-0.05, 0) is 6.07 Å². The molecule has 0 radical (unpaired) electrons. The van der Waals surface area contributed by atoms with Crippen LogP contribution < -0.4 is 0 Å². The molecule has 3 aromatic rings. The Morgan fingerprint density at radius 3 is 2.37 bits per heavy atom. The first-order valence-corrected chi connectivity index (χ1v) is 10.8. The van der Waals surface area contributed by atoms with Crippen LogP contribution in [0.2, 0.25) is 0 Å². The topological polar surface area (TPSA) is 85.9 Å². The average Bonchev–Trinajstić information content (AvgIpc) is 3.17. The van der Waals surface area contributed by atoms with E-state index in [1.807, 2.05) is 0 Å². The zero-order valence-electron chi connectivity index (χ0n) is 16.8. The molecule has 3 rings (SSSR count). The summed E-state index contributed by atoms with van der Waals surface area (Å²) in [5, 5.41) is -0.105. The summed E-state index contributed by atoms with van der Waals surface area (Å²) >= 11 is 5.35. The molecular formula is C17H19F3N6O2S2. The van der Waals surface area contributed by atoms with Crippen molar-refractivity contribution in [1.82, 2.24) is 29.0 Å². The SMILES string of the molecule is CCS(=O)(=O)c1c(-c2nc3cc(C(F)(F)F)ncc3n2C)nc(C(=S)N(C)C)n1C. The molecule has 0 N–H and O–H groups in total. The second-order valence-electron chi connectivity index (χ2n) is 6.80. The molecule has 0 unspecified atom stereocenters. The molecule has 0 aromatic carbocycles. The Morgan fingerprint density at radius 1 is 1.20 bits per heavy atom. The third-order valence-electron chi connectivity index (χ3n) is 4.58. The van der Waals surface area contributed by atoms with Crippen LogP contribution in [0.15, 0.2) is 17.3 Å². The van der Waals surface area contributed by atoms with E-state index in [0.717, 1.165) is 12.3 Å². The summed E-state index contributed by atoms with van der Waals surface area (Å²) in [6.07, 6.45) is -3.57. The minimum atomic E-state index is -4.63. The van der Waals surface area contributed by atoms with Gasteiger partial charge in [0.1, 0.15) is 16.4 Å². The van der Waals surface area contributed by atoms with E-state index in [9.17, 15) is 21.6 Å². The van der Waals surface area contributed by atoms with Gasteiger partial charge in [0.25, 0.3) is 0 Å². The summed E-state index contributed by atoms with van der Waals surface area (Å²) in [5.74, 6) is 0.136. The predicted molar refractivity (Wildman–Crippen MR) is 109 cm³/mol. The first-order valence-electron chi connectivity index (χ1n) is 8.70. The number of pyridine rings is 1. The highest BCUT2D eigenvalue weighted by molar-refractivity contribution is 7.91. The molecule has 0 atom stereocenters. The number of imidazole rings is 2. The summed E-state index contributed by atoms with van der Waals surface area (Å²) in [6, 6.07) is 0.821. The maximum atomic E-state index is 13.0. The lowest BCUT2D eigenvalue weighted by Gasteiger charge is -2.13. The molecule has 0 fully saturated rings. The van der Waals surface area contributed by atoms with E-state index in [1.54, 1.807) is 26.0 Å². The van der Waals surface area contributed by atoms with Crippen molar-refractivity contribution in [2.75, 3.05) is 19.8 Å². The molecule has 0 aliphatic heterocycles. The number of alkyl halides is 3. The van der Waals surface area contributed by atoms with Gasteiger partial charge in [0.2, 0.25) is 0 Å². The molecule has 0 saturated carbocycles. The van der Waals surface area contributed by atoms with Crippen LogP contribution in [0.3, 0.4) is 0 Å². The first-order chi connectivity index (χ1) is 13.8. The van der Waals surface area contributed by atoms with E-state index in [-0.39, 0.29) is 33.6 Å². The lowest BCUT2D eigenvalue weighted by atomic mass is 10.3. The fraction of sp³-hybridized carbons (Fsp3) is 0.412. The Balaban J connectivity index is 2.34. The molecule has 0 spiro atoms. The highest BCUT2D eigenvalue weighted by Gasteiger charge is 2.34. The van der Waals surface area contributed by atoms with Crippen LogP contribution >= 0.6 is 12.2 Å². The Labute approximate surface area is 176 Å². The van der Waals surface area contributed by atoms with E-state index in [2.05, 4.69) is 15.0 Å².